The third-order valence-corrected chi connectivity index (χ3v) is 7.44. The lowest BCUT2D eigenvalue weighted by Crippen LogP contribution is -2.32. The maximum Gasteiger partial charge on any atom is 0.268 e. The standard InChI is InChI=1S/C22H22N4O2S2/c1-5-10-29-21-24-23-20-25(14-8-6-13(2)7-9-14)18(27)17-15-11-22(3,4)28-12-16(15)30-19(17)26(20)21/h5-9H,1,10-12H2,2-4H3. The van der Waals surface area contributed by atoms with Crippen LogP contribution in [0.2, 0.25) is 0 Å². The minimum absolute atomic E-state index is 0.0516. The highest BCUT2D eigenvalue weighted by Gasteiger charge is 2.32. The van der Waals surface area contributed by atoms with Crippen LogP contribution < -0.4 is 5.56 Å². The van der Waals surface area contributed by atoms with Gasteiger partial charge in [0.25, 0.3) is 5.56 Å². The Balaban J connectivity index is 1.90. The Kier molecular flexibility index (Phi) is 4.61. The molecule has 0 unspecified atom stereocenters. The number of fused-ring (bicyclic) bond motifs is 5. The lowest BCUT2D eigenvalue weighted by molar-refractivity contribution is -0.0379. The molecule has 6 nitrogen and oxygen atoms in total. The first kappa shape index (κ1) is 19.5. The van der Waals surface area contributed by atoms with Crippen LogP contribution in [-0.2, 0) is 17.8 Å². The van der Waals surface area contributed by atoms with Crippen LogP contribution in [0.1, 0.15) is 29.9 Å². The molecule has 0 fully saturated rings. The van der Waals surface area contributed by atoms with Crippen molar-refractivity contribution in [2.24, 2.45) is 0 Å². The molecule has 1 aromatic carbocycles. The molecule has 1 aliphatic heterocycles. The fourth-order valence-corrected chi connectivity index (χ4v) is 5.80. The molecule has 0 bridgehead atoms. The lowest BCUT2D eigenvalue weighted by Gasteiger charge is -2.29. The highest BCUT2D eigenvalue weighted by molar-refractivity contribution is 7.99. The van der Waals surface area contributed by atoms with Crippen LogP contribution in [0.15, 0.2) is 46.9 Å². The van der Waals surface area contributed by atoms with Gasteiger partial charge in [-0.25, -0.2) is 8.97 Å². The Labute approximate surface area is 182 Å². The van der Waals surface area contributed by atoms with Gasteiger partial charge in [0.1, 0.15) is 4.83 Å². The molecule has 30 heavy (non-hydrogen) atoms. The number of aryl methyl sites for hydroxylation is 1. The van der Waals surface area contributed by atoms with E-state index in [9.17, 15) is 4.79 Å². The Bertz CT molecular complexity index is 1350. The molecule has 0 saturated carbocycles. The number of aromatic nitrogens is 4. The van der Waals surface area contributed by atoms with Gasteiger partial charge in [0.2, 0.25) is 5.78 Å². The fraction of sp³-hybridized carbons (Fsp3) is 0.318. The van der Waals surface area contributed by atoms with E-state index >= 15 is 0 Å². The van der Waals surface area contributed by atoms with E-state index in [1.54, 1.807) is 27.7 Å². The van der Waals surface area contributed by atoms with Gasteiger partial charge in [0.15, 0.2) is 5.16 Å². The van der Waals surface area contributed by atoms with E-state index < -0.39 is 0 Å². The number of hydrogen-bond acceptors (Lipinski definition) is 6. The summed E-state index contributed by atoms with van der Waals surface area (Å²) >= 11 is 3.17. The topological polar surface area (TPSA) is 61.4 Å². The number of hydrogen-bond donors (Lipinski definition) is 0. The van der Waals surface area contributed by atoms with Crippen molar-refractivity contribution in [3.05, 3.63) is 63.3 Å². The first-order valence-corrected chi connectivity index (χ1v) is 11.6. The van der Waals surface area contributed by atoms with Crippen molar-refractivity contribution in [3.63, 3.8) is 0 Å². The molecule has 4 heterocycles. The van der Waals surface area contributed by atoms with Crippen LogP contribution in [0.5, 0.6) is 0 Å². The van der Waals surface area contributed by atoms with Crippen molar-refractivity contribution in [2.45, 2.75) is 44.6 Å². The smallest absolute Gasteiger partial charge is 0.268 e. The predicted molar refractivity (Wildman–Crippen MR) is 122 cm³/mol. The van der Waals surface area contributed by atoms with Crippen molar-refractivity contribution in [1.82, 2.24) is 19.2 Å². The maximum atomic E-state index is 13.8. The quantitative estimate of drug-likeness (QED) is 0.346. The average Bonchev–Trinajstić information content (AvgIpc) is 3.28. The van der Waals surface area contributed by atoms with Crippen molar-refractivity contribution in [3.8, 4) is 5.69 Å². The molecular formula is C22H22N4O2S2. The van der Waals surface area contributed by atoms with Gasteiger partial charge in [-0.3, -0.25) is 4.79 Å². The highest BCUT2D eigenvalue weighted by atomic mass is 32.2. The van der Waals surface area contributed by atoms with Crippen LogP contribution in [0.4, 0.5) is 0 Å². The van der Waals surface area contributed by atoms with Crippen LogP contribution in [0.25, 0.3) is 21.7 Å². The van der Waals surface area contributed by atoms with Crippen molar-refractivity contribution in [2.75, 3.05) is 5.75 Å². The molecule has 0 atom stereocenters. The van der Waals surface area contributed by atoms with E-state index in [-0.39, 0.29) is 11.2 Å². The minimum atomic E-state index is -0.301. The Hall–Kier alpha value is -2.42. The SMILES string of the molecule is C=CCSc1nnc2n(-c3ccc(C)cc3)c(=O)c3c4c(sc3n12)COC(C)(C)C4. The zero-order valence-corrected chi connectivity index (χ0v) is 18.8. The van der Waals surface area contributed by atoms with Crippen molar-refractivity contribution < 1.29 is 4.74 Å². The number of benzene rings is 1. The number of rotatable bonds is 4. The molecule has 0 aliphatic carbocycles. The molecule has 0 radical (unpaired) electrons. The summed E-state index contributed by atoms with van der Waals surface area (Å²) in [4.78, 5) is 15.8. The van der Waals surface area contributed by atoms with Gasteiger partial charge in [-0.05, 0) is 38.5 Å². The summed E-state index contributed by atoms with van der Waals surface area (Å²) < 4.78 is 9.72. The summed E-state index contributed by atoms with van der Waals surface area (Å²) in [6.07, 6.45) is 2.54. The molecule has 3 aromatic heterocycles. The molecule has 1 aliphatic rings. The molecule has 0 spiro atoms. The normalized spacial score (nSPS) is 15.6. The number of ether oxygens (including phenoxy) is 1. The number of thiophene rings is 1. The second kappa shape index (κ2) is 7.08. The monoisotopic (exact) mass is 438 g/mol. The highest BCUT2D eigenvalue weighted by Crippen LogP contribution is 2.39. The van der Waals surface area contributed by atoms with Gasteiger partial charge < -0.3 is 4.74 Å². The molecule has 0 saturated heterocycles. The Morgan fingerprint density at radius 3 is 2.80 bits per heavy atom. The van der Waals surface area contributed by atoms with Crippen molar-refractivity contribution >= 4 is 39.1 Å². The summed E-state index contributed by atoms with van der Waals surface area (Å²) in [7, 11) is 0. The summed E-state index contributed by atoms with van der Waals surface area (Å²) in [6, 6.07) is 7.93. The molecule has 154 valence electrons. The van der Waals surface area contributed by atoms with E-state index in [1.165, 1.54) is 0 Å². The molecular weight excluding hydrogens is 416 g/mol. The van der Waals surface area contributed by atoms with Gasteiger partial charge in [0.05, 0.1) is 23.3 Å². The second-order valence-electron chi connectivity index (χ2n) is 8.10. The van der Waals surface area contributed by atoms with Gasteiger partial charge in [-0.2, -0.15) is 0 Å². The van der Waals surface area contributed by atoms with E-state index in [0.29, 0.717) is 24.6 Å². The summed E-state index contributed by atoms with van der Waals surface area (Å²) in [5, 5.41) is 10.3. The Morgan fingerprint density at radius 1 is 1.30 bits per heavy atom. The van der Waals surface area contributed by atoms with Crippen LogP contribution in [0.3, 0.4) is 0 Å². The summed E-state index contributed by atoms with van der Waals surface area (Å²) in [6.45, 7) is 10.5. The zero-order chi connectivity index (χ0) is 21.0. The van der Waals surface area contributed by atoms with Gasteiger partial charge in [0, 0.05) is 17.1 Å². The predicted octanol–water partition coefficient (Wildman–Crippen LogP) is 4.53. The molecule has 0 amide bonds. The van der Waals surface area contributed by atoms with Crippen LogP contribution in [0, 0.1) is 6.92 Å². The molecule has 5 rings (SSSR count). The fourth-order valence-electron chi connectivity index (χ4n) is 3.86. The van der Waals surface area contributed by atoms with E-state index in [4.69, 9.17) is 4.74 Å². The van der Waals surface area contributed by atoms with E-state index in [0.717, 1.165) is 37.1 Å². The molecule has 0 N–H and O–H groups in total. The maximum absolute atomic E-state index is 13.8. The third kappa shape index (κ3) is 3.02. The van der Waals surface area contributed by atoms with E-state index in [1.807, 2.05) is 41.7 Å². The Morgan fingerprint density at radius 2 is 2.07 bits per heavy atom. The van der Waals surface area contributed by atoms with Gasteiger partial charge in [-0.15, -0.1) is 28.1 Å². The van der Waals surface area contributed by atoms with E-state index in [2.05, 4.69) is 30.6 Å². The average molecular weight is 439 g/mol. The molecule has 8 heteroatoms. The van der Waals surface area contributed by atoms with Crippen LogP contribution in [-0.4, -0.2) is 30.5 Å². The lowest BCUT2D eigenvalue weighted by atomic mass is 9.94. The summed E-state index contributed by atoms with van der Waals surface area (Å²) in [5.74, 6) is 1.24. The first-order valence-electron chi connectivity index (χ1n) is 9.79. The first-order chi connectivity index (χ1) is 14.4. The van der Waals surface area contributed by atoms with Crippen molar-refractivity contribution in [1.29, 1.82) is 0 Å². The largest absolute Gasteiger partial charge is 0.370 e. The van der Waals surface area contributed by atoms with Gasteiger partial charge >= 0.3 is 0 Å². The zero-order valence-electron chi connectivity index (χ0n) is 17.1. The van der Waals surface area contributed by atoms with Crippen LogP contribution >= 0.6 is 23.1 Å². The van der Waals surface area contributed by atoms with Gasteiger partial charge in [-0.1, -0.05) is 35.5 Å². The molecule has 4 aromatic rings. The third-order valence-electron chi connectivity index (χ3n) is 5.33. The number of nitrogens with zero attached hydrogens (tertiary/aromatic N) is 4. The minimum Gasteiger partial charge on any atom is -0.370 e. The summed E-state index contributed by atoms with van der Waals surface area (Å²) in [5.41, 5.74) is 2.66. The second-order valence-corrected chi connectivity index (χ2v) is 10.2. The number of thioether (sulfide) groups is 1.